The molecule has 0 saturated carbocycles. The number of rotatable bonds is 2. The fourth-order valence-corrected chi connectivity index (χ4v) is 1.85. The van der Waals surface area contributed by atoms with Gasteiger partial charge in [-0.25, -0.2) is 0 Å². The zero-order valence-electron chi connectivity index (χ0n) is 8.77. The van der Waals surface area contributed by atoms with Gasteiger partial charge >= 0.3 is 0 Å². The summed E-state index contributed by atoms with van der Waals surface area (Å²) in [7, 11) is 0. The number of fused-ring (bicyclic) bond motifs is 1. The lowest BCUT2D eigenvalue weighted by molar-refractivity contribution is 0.743. The van der Waals surface area contributed by atoms with E-state index < -0.39 is 0 Å². The molecule has 1 atom stereocenters. The van der Waals surface area contributed by atoms with E-state index in [2.05, 4.69) is 36.4 Å². The molecular formula is C14H13N. The molecule has 0 aliphatic carbocycles. The van der Waals surface area contributed by atoms with Crippen LogP contribution in [0.4, 0.5) is 0 Å². The number of hydrogen-bond acceptors (Lipinski definition) is 1. The van der Waals surface area contributed by atoms with Crippen LogP contribution in [-0.2, 0) is 6.42 Å². The zero-order chi connectivity index (χ0) is 10.7. The Bertz CT molecular complexity index is 503. The standard InChI is InChI=1S/C14H13N/c1-11(10-15)9-13-7-4-6-12-5-2-3-8-14(12)13/h2-8,11H,9H2,1H3. The maximum absolute atomic E-state index is 8.82. The van der Waals surface area contributed by atoms with Gasteiger partial charge in [0.25, 0.3) is 0 Å². The Hall–Kier alpha value is -1.81. The van der Waals surface area contributed by atoms with Gasteiger partial charge in [-0.2, -0.15) is 5.26 Å². The molecule has 15 heavy (non-hydrogen) atoms. The van der Waals surface area contributed by atoms with Gasteiger partial charge in [0.2, 0.25) is 0 Å². The van der Waals surface area contributed by atoms with Crippen LogP contribution in [0.1, 0.15) is 12.5 Å². The van der Waals surface area contributed by atoms with E-state index in [1.54, 1.807) is 0 Å². The molecule has 0 bridgehead atoms. The fraction of sp³-hybridized carbons (Fsp3) is 0.214. The van der Waals surface area contributed by atoms with Crippen LogP contribution >= 0.6 is 0 Å². The van der Waals surface area contributed by atoms with Crippen molar-refractivity contribution in [2.45, 2.75) is 13.3 Å². The maximum Gasteiger partial charge on any atom is 0.0656 e. The summed E-state index contributed by atoms with van der Waals surface area (Å²) in [6.45, 7) is 1.96. The summed E-state index contributed by atoms with van der Waals surface area (Å²) < 4.78 is 0. The Kier molecular flexibility index (Phi) is 2.69. The van der Waals surface area contributed by atoms with E-state index in [0.29, 0.717) is 0 Å². The molecule has 0 radical (unpaired) electrons. The van der Waals surface area contributed by atoms with Crippen LogP contribution in [0.25, 0.3) is 10.8 Å². The lowest BCUT2D eigenvalue weighted by Gasteiger charge is -2.07. The lowest BCUT2D eigenvalue weighted by atomic mass is 9.97. The first kappa shape index (κ1) is 9.73. The highest BCUT2D eigenvalue weighted by Gasteiger charge is 2.04. The second-order valence-electron chi connectivity index (χ2n) is 3.87. The van der Waals surface area contributed by atoms with Crippen LogP contribution in [0.2, 0.25) is 0 Å². The third-order valence-electron chi connectivity index (χ3n) is 2.63. The largest absolute Gasteiger partial charge is 0.198 e. The lowest BCUT2D eigenvalue weighted by Crippen LogP contribution is -1.96. The van der Waals surface area contributed by atoms with Gasteiger partial charge in [-0.15, -0.1) is 0 Å². The Labute approximate surface area is 90.0 Å². The van der Waals surface area contributed by atoms with Crippen LogP contribution in [0.5, 0.6) is 0 Å². The van der Waals surface area contributed by atoms with E-state index in [1.807, 2.05) is 19.1 Å². The first-order chi connectivity index (χ1) is 7.31. The average molecular weight is 195 g/mol. The van der Waals surface area contributed by atoms with Crippen LogP contribution in [0.3, 0.4) is 0 Å². The van der Waals surface area contributed by atoms with Crippen molar-refractivity contribution in [3.63, 3.8) is 0 Å². The van der Waals surface area contributed by atoms with E-state index in [1.165, 1.54) is 16.3 Å². The molecule has 2 aromatic rings. The highest BCUT2D eigenvalue weighted by atomic mass is 14.3. The van der Waals surface area contributed by atoms with E-state index >= 15 is 0 Å². The van der Waals surface area contributed by atoms with Crippen molar-refractivity contribution in [3.05, 3.63) is 48.0 Å². The second-order valence-corrected chi connectivity index (χ2v) is 3.87. The van der Waals surface area contributed by atoms with Gasteiger partial charge in [-0.1, -0.05) is 42.5 Å². The molecule has 0 heterocycles. The zero-order valence-corrected chi connectivity index (χ0v) is 8.77. The smallest absolute Gasteiger partial charge is 0.0656 e. The van der Waals surface area contributed by atoms with E-state index in [9.17, 15) is 0 Å². The Morgan fingerprint density at radius 3 is 2.67 bits per heavy atom. The molecular weight excluding hydrogens is 182 g/mol. The number of hydrogen-bond donors (Lipinski definition) is 0. The minimum absolute atomic E-state index is 0.0795. The number of benzene rings is 2. The molecule has 0 amide bonds. The molecule has 0 aromatic heterocycles. The van der Waals surface area contributed by atoms with Crippen molar-refractivity contribution < 1.29 is 0 Å². The van der Waals surface area contributed by atoms with Crippen molar-refractivity contribution in [1.29, 1.82) is 5.26 Å². The van der Waals surface area contributed by atoms with E-state index in [0.717, 1.165) is 6.42 Å². The Morgan fingerprint density at radius 2 is 1.87 bits per heavy atom. The van der Waals surface area contributed by atoms with Gasteiger partial charge in [-0.3, -0.25) is 0 Å². The topological polar surface area (TPSA) is 23.8 Å². The summed E-state index contributed by atoms with van der Waals surface area (Å²) in [6.07, 6.45) is 0.831. The predicted octanol–water partition coefficient (Wildman–Crippen LogP) is 3.54. The fourth-order valence-electron chi connectivity index (χ4n) is 1.85. The van der Waals surface area contributed by atoms with E-state index in [4.69, 9.17) is 5.26 Å². The molecule has 0 aliphatic heterocycles. The van der Waals surface area contributed by atoms with Crippen LogP contribution in [-0.4, -0.2) is 0 Å². The monoisotopic (exact) mass is 195 g/mol. The first-order valence-electron chi connectivity index (χ1n) is 5.17. The highest BCUT2D eigenvalue weighted by Crippen LogP contribution is 2.20. The van der Waals surface area contributed by atoms with Crippen molar-refractivity contribution in [3.8, 4) is 6.07 Å². The molecule has 74 valence electrons. The van der Waals surface area contributed by atoms with Gasteiger partial charge in [0.05, 0.1) is 6.07 Å². The summed E-state index contributed by atoms with van der Waals surface area (Å²) in [6, 6.07) is 16.9. The normalized spacial score (nSPS) is 12.3. The summed E-state index contributed by atoms with van der Waals surface area (Å²) in [5, 5.41) is 11.3. The maximum atomic E-state index is 8.82. The molecule has 0 fully saturated rings. The second kappa shape index (κ2) is 4.14. The third kappa shape index (κ3) is 1.99. The molecule has 1 nitrogen and oxygen atoms in total. The molecule has 0 saturated heterocycles. The summed E-state index contributed by atoms with van der Waals surface area (Å²) in [4.78, 5) is 0. The van der Waals surface area contributed by atoms with Crippen LogP contribution in [0, 0.1) is 17.2 Å². The third-order valence-corrected chi connectivity index (χ3v) is 2.63. The van der Waals surface area contributed by atoms with Gasteiger partial charge in [0, 0.05) is 5.92 Å². The van der Waals surface area contributed by atoms with Gasteiger partial charge in [0.1, 0.15) is 0 Å². The molecule has 1 unspecified atom stereocenters. The van der Waals surface area contributed by atoms with Crippen molar-refractivity contribution in [1.82, 2.24) is 0 Å². The van der Waals surface area contributed by atoms with Gasteiger partial charge < -0.3 is 0 Å². The first-order valence-corrected chi connectivity index (χ1v) is 5.17. The van der Waals surface area contributed by atoms with E-state index in [-0.39, 0.29) is 5.92 Å². The average Bonchev–Trinajstić information content (AvgIpc) is 2.29. The van der Waals surface area contributed by atoms with Crippen LogP contribution in [0.15, 0.2) is 42.5 Å². The minimum atomic E-state index is 0.0795. The van der Waals surface area contributed by atoms with Crippen molar-refractivity contribution in [2.75, 3.05) is 0 Å². The summed E-state index contributed by atoms with van der Waals surface area (Å²) in [5.41, 5.74) is 1.27. The van der Waals surface area contributed by atoms with Crippen LogP contribution < -0.4 is 0 Å². The molecule has 1 heteroatoms. The summed E-state index contributed by atoms with van der Waals surface area (Å²) >= 11 is 0. The molecule has 0 spiro atoms. The summed E-state index contributed by atoms with van der Waals surface area (Å²) in [5.74, 6) is 0.0795. The quantitative estimate of drug-likeness (QED) is 0.719. The molecule has 0 N–H and O–H groups in total. The molecule has 2 aromatic carbocycles. The van der Waals surface area contributed by atoms with Gasteiger partial charge in [-0.05, 0) is 29.7 Å². The predicted molar refractivity (Wildman–Crippen MR) is 62.4 cm³/mol. The van der Waals surface area contributed by atoms with Crippen molar-refractivity contribution >= 4 is 10.8 Å². The number of nitriles is 1. The molecule has 2 rings (SSSR count). The Balaban J connectivity index is 2.48. The number of nitrogens with zero attached hydrogens (tertiary/aromatic N) is 1. The molecule has 0 aliphatic rings. The Morgan fingerprint density at radius 1 is 1.13 bits per heavy atom. The minimum Gasteiger partial charge on any atom is -0.198 e. The van der Waals surface area contributed by atoms with Crippen molar-refractivity contribution in [2.24, 2.45) is 5.92 Å². The SMILES string of the molecule is CC(C#N)Cc1cccc2ccccc12. The highest BCUT2D eigenvalue weighted by molar-refractivity contribution is 5.85. The van der Waals surface area contributed by atoms with Gasteiger partial charge in [0.15, 0.2) is 0 Å².